The summed E-state index contributed by atoms with van der Waals surface area (Å²) in [6, 6.07) is 19.9. The molecule has 0 aliphatic rings. The van der Waals surface area contributed by atoms with Crippen molar-refractivity contribution in [2.75, 3.05) is 19.5 Å². The van der Waals surface area contributed by atoms with Crippen LogP contribution >= 0.6 is 0 Å². The molecule has 0 saturated heterocycles. The van der Waals surface area contributed by atoms with Crippen molar-refractivity contribution in [1.29, 1.82) is 0 Å². The summed E-state index contributed by atoms with van der Waals surface area (Å²) in [5.74, 6) is 0.893. The van der Waals surface area contributed by atoms with E-state index < -0.39 is 0 Å². The fourth-order valence-electron chi connectivity index (χ4n) is 3.61. The van der Waals surface area contributed by atoms with E-state index in [-0.39, 0.29) is 23.9 Å². The number of hydrogen-bond acceptors (Lipinski definition) is 5. The Morgan fingerprint density at radius 2 is 1.66 bits per heavy atom. The van der Waals surface area contributed by atoms with E-state index in [9.17, 15) is 9.59 Å². The van der Waals surface area contributed by atoms with Gasteiger partial charge in [0.25, 0.3) is 0 Å². The van der Waals surface area contributed by atoms with Gasteiger partial charge in [0.15, 0.2) is 17.3 Å². The second-order valence-electron chi connectivity index (χ2n) is 7.38. The third-order valence-electron chi connectivity index (χ3n) is 5.28. The number of anilines is 1. The molecule has 4 aromatic rings. The Morgan fingerprint density at radius 1 is 0.906 bits per heavy atom. The lowest BCUT2D eigenvalue weighted by Gasteiger charge is -2.08. The Hall–Kier alpha value is -4.06. The molecule has 0 aliphatic heterocycles. The molecule has 0 saturated carbocycles. The first-order valence-corrected chi connectivity index (χ1v) is 10.1. The number of methoxy groups -OCH3 is 2. The average Bonchev–Trinajstić information content (AvgIpc) is 3.14. The lowest BCUT2D eigenvalue weighted by atomic mass is 10.0. The Bertz CT molecular complexity index is 1290. The molecule has 0 atom stereocenters. The number of ether oxygens (including phenoxy) is 2. The SMILES string of the molecule is COc1ccc(C(=O)c2oc3ccc(NC(=O)Cc4ccccc4)cc3c2C)cc1OC. The molecule has 0 radical (unpaired) electrons. The van der Waals surface area contributed by atoms with Crippen molar-refractivity contribution in [3.63, 3.8) is 0 Å². The second-order valence-corrected chi connectivity index (χ2v) is 7.38. The van der Waals surface area contributed by atoms with E-state index in [1.807, 2.05) is 43.3 Å². The maximum absolute atomic E-state index is 13.1. The first-order valence-electron chi connectivity index (χ1n) is 10.1. The lowest BCUT2D eigenvalue weighted by molar-refractivity contribution is -0.115. The highest BCUT2D eigenvalue weighted by molar-refractivity contribution is 6.11. The minimum atomic E-state index is -0.255. The molecule has 6 heteroatoms. The van der Waals surface area contributed by atoms with Gasteiger partial charge in [-0.3, -0.25) is 9.59 Å². The summed E-state index contributed by atoms with van der Waals surface area (Å²) in [5.41, 5.74) is 3.30. The Morgan fingerprint density at radius 3 is 2.38 bits per heavy atom. The van der Waals surface area contributed by atoms with Crippen LogP contribution in [-0.2, 0) is 11.2 Å². The smallest absolute Gasteiger partial charge is 0.228 e. The van der Waals surface area contributed by atoms with E-state index >= 15 is 0 Å². The van der Waals surface area contributed by atoms with Crippen molar-refractivity contribution in [2.45, 2.75) is 13.3 Å². The Labute approximate surface area is 185 Å². The molecule has 1 amide bonds. The number of ketones is 1. The van der Waals surface area contributed by atoms with Gasteiger partial charge in [-0.1, -0.05) is 30.3 Å². The largest absolute Gasteiger partial charge is 0.493 e. The predicted octanol–water partition coefficient (Wildman–Crippen LogP) is 5.17. The normalized spacial score (nSPS) is 10.7. The van der Waals surface area contributed by atoms with Crippen LogP contribution in [0.1, 0.15) is 27.2 Å². The molecule has 4 rings (SSSR count). The predicted molar refractivity (Wildman–Crippen MR) is 123 cm³/mol. The molecule has 0 fully saturated rings. The minimum Gasteiger partial charge on any atom is -0.493 e. The summed E-state index contributed by atoms with van der Waals surface area (Å²) < 4.78 is 16.4. The van der Waals surface area contributed by atoms with E-state index in [0.717, 1.165) is 10.9 Å². The van der Waals surface area contributed by atoms with E-state index in [0.29, 0.717) is 33.9 Å². The van der Waals surface area contributed by atoms with E-state index in [2.05, 4.69) is 5.32 Å². The van der Waals surface area contributed by atoms with Gasteiger partial charge in [-0.25, -0.2) is 0 Å². The molecule has 3 aromatic carbocycles. The fraction of sp³-hybridized carbons (Fsp3) is 0.154. The van der Waals surface area contributed by atoms with E-state index in [1.165, 1.54) is 7.11 Å². The summed E-state index contributed by atoms with van der Waals surface area (Å²) in [5, 5.41) is 3.68. The monoisotopic (exact) mass is 429 g/mol. The van der Waals surface area contributed by atoms with Crippen LogP contribution in [0.15, 0.2) is 71.1 Å². The highest BCUT2D eigenvalue weighted by Crippen LogP contribution is 2.32. The van der Waals surface area contributed by atoms with Crippen molar-refractivity contribution in [2.24, 2.45) is 0 Å². The maximum atomic E-state index is 13.1. The van der Waals surface area contributed by atoms with Gasteiger partial charge in [-0.05, 0) is 48.9 Å². The van der Waals surface area contributed by atoms with Gasteiger partial charge in [0.2, 0.25) is 11.7 Å². The number of aryl methyl sites for hydroxylation is 1. The number of amides is 1. The molecule has 1 N–H and O–H groups in total. The summed E-state index contributed by atoms with van der Waals surface area (Å²) in [6.45, 7) is 1.83. The van der Waals surface area contributed by atoms with Gasteiger partial charge in [-0.2, -0.15) is 0 Å². The molecule has 0 unspecified atom stereocenters. The van der Waals surface area contributed by atoms with Gasteiger partial charge in [-0.15, -0.1) is 0 Å². The number of hydrogen-bond donors (Lipinski definition) is 1. The van der Waals surface area contributed by atoms with Crippen molar-refractivity contribution >= 4 is 28.3 Å². The third kappa shape index (κ3) is 4.21. The molecular weight excluding hydrogens is 406 g/mol. The number of benzene rings is 3. The van der Waals surface area contributed by atoms with E-state index in [4.69, 9.17) is 13.9 Å². The van der Waals surface area contributed by atoms with Gasteiger partial charge in [0.1, 0.15) is 5.58 Å². The lowest BCUT2D eigenvalue weighted by Crippen LogP contribution is -2.14. The molecular formula is C26H23NO5. The van der Waals surface area contributed by atoms with Crippen molar-refractivity contribution in [3.05, 3.63) is 89.2 Å². The van der Waals surface area contributed by atoms with Crippen LogP contribution in [0.5, 0.6) is 11.5 Å². The highest BCUT2D eigenvalue weighted by atomic mass is 16.5. The third-order valence-corrected chi connectivity index (χ3v) is 5.28. The number of nitrogens with one attached hydrogen (secondary N) is 1. The quantitative estimate of drug-likeness (QED) is 0.410. The van der Waals surface area contributed by atoms with Crippen molar-refractivity contribution in [1.82, 2.24) is 0 Å². The van der Waals surface area contributed by atoms with E-state index in [1.54, 1.807) is 37.4 Å². The van der Waals surface area contributed by atoms with Crippen LogP contribution < -0.4 is 14.8 Å². The van der Waals surface area contributed by atoms with Gasteiger partial charge >= 0.3 is 0 Å². The van der Waals surface area contributed by atoms with Crippen LogP contribution in [0.25, 0.3) is 11.0 Å². The Balaban J connectivity index is 1.59. The summed E-state index contributed by atoms with van der Waals surface area (Å²) >= 11 is 0. The summed E-state index contributed by atoms with van der Waals surface area (Å²) in [6.07, 6.45) is 0.284. The fourth-order valence-corrected chi connectivity index (χ4v) is 3.61. The number of carbonyl (C=O) groups is 2. The van der Waals surface area contributed by atoms with Gasteiger partial charge < -0.3 is 19.2 Å². The minimum absolute atomic E-state index is 0.113. The molecule has 162 valence electrons. The maximum Gasteiger partial charge on any atom is 0.228 e. The zero-order valence-corrected chi connectivity index (χ0v) is 18.1. The standard InChI is InChI=1S/C26H23NO5/c1-16-20-15-19(27-24(28)13-17-7-5-4-6-8-17)10-12-21(20)32-26(16)25(29)18-9-11-22(30-2)23(14-18)31-3/h4-12,14-15H,13H2,1-3H3,(H,27,28). The molecule has 0 bridgehead atoms. The second kappa shape index (κ2) is 8.98. The summed E-state index contributed by atoms with van der Waals surface area (Å²) in [4.78, 5) is 25.5. The van der Waals surface area contributed by atoms with Crippen LogP contribution in [0.2, 0.25) is 0 Å². The zero-order chi connectivity index (χ0) is 22.7. The van der Waals surface area contributed by atoms with Crippen LogP contribution in [0.4, 0.5) is 5.69 Å². The summed E-state index contributed by atoms with van der Waals surface area (Å²) in [7, 11) is 3.06. The zero-order valence-electron chi connectivity index (χ0n) is 18.1. The number of furan rings is 1. The topological polar surface area (TPSA) is 77.8 Å². The van der Waals surface area contributed by atoms with Crippen LogP contribution in [-0.4, -0.2) is 25.9 Å². The van der Waals surface area contributed by atoms with Crippen molar-refractivity contribution in [3.8, 4) is 11.5 Å². The molecule has 0 aliphatic carbocycles. The van der Waals surface area contributed by atoms with Crippen LogP contribution in [0, 0.1) is 6.92 Å². The first kappa shape index (κ1) is 21.2. The van der Waals surface area contributed by atoms with Crippen LogP contribution in [0.3, 0.4) is 0 Å². The molecule has 1 heterocycles. The highest BCUT2D eigenvalue weighted by Gasteiger charge is 2.21. The molecule has 6 nitrogen and oxygen atoms in total. The van der Waals surface area contributed by atoms with Gasteiger partial charge in [0.05, 0.1) is 20.6 Å². The Kier molecular flexibility index (Phi) is 5.94. The first-order chi connectivity index (χ1) is 15.5. The van der Waals surface area contributed by atoms with Gasteiger partial charge in [0, 0.05) is 22.2 Å². The molecule has 32 heavy (non-hydrogen) atoms. The number of carbonyl (C=O) groups excluding carboxylic acids is 2. The molecule has 0 spiro atoms. The number of fused-ring (bicyclic) bond motifs is 1. The number of rotatable bonds is 7. The molecule has 1 aromatic heterocycles. The van der Waals surface area contributed by atoms with Crippen molar-refractivity contribution < 1.29 is 23.5 Å². The average molecular weight is 429 g/mol.